The first-order chi connectivity index (χ1) is 13.3. The number of thiocarbonyl (C=S) groups is 1. The first kappa shape index (κ1) is 19.5. The molecule has 1 saturated heterocycles. The van der Waals surface area contributed by atoms with Crippen molar-refractivity contribution in [3.63, 3.8) is 0 Å². The van der Waals surface area contributed by atoms with E-state index in [0.29, 0.717) is 21.9 Å². The molecule has 0 saturated carbocycles. The van der Waals surface area contributed by atoms with E-state index in [9.17, 15) is 19.7 Å². The lowest BCUT2D eigenvalue weighted by Crippen LogP contribution is -2.51. The molecule has 2 amide bonds. The van der Waals surface area contributed by atoms with E-state index in [2.05, 4.69) is 10.6 Å². The van der Waals surface area contributed by atoms with Gasteiger partial charge in [-0.25, -0.2) is 0 Å². The summed E-state index contributed by atoms with van der Waals surface area (Å²) in [5, 5.41) is 15.7. The molecule has 1 fully saturated rings. The van der Waals surface area contributed by atoms with E-state index in [-0.39, 0.29) is 23.0 Å². The van der Waals surface area contributed by atoms with E-state index < -0.39 is 16.7 Å². The molecule has 142 valence electrons. The Balaban J connectivity index is 1.84. The van der Waals surface area contributed by atoms with Gasteiger partial charge in [0.1, 0.15) is 17.9 Å². The third-order valence-electron chi connectivity index (χ3n) is 3.76. The smallest absolute Gasteiger partial charge is 0.269 e. The third-order valence-corrected chi connectivity index (χ3v) is 4.20. The third kappa shape index (κ3) is 4.51. The van der Waals surface area contributed by atoms with Crippen LogP contribution in [-0.4, -0.2) is 21.9 Å². The van der Waals surface area contributed by atoms with Crippen molar-refractivity contribution in [1.82, 2.24) is 10.6 Å². The van der Waals surface area contributed by atoms with E-state index in [1.807, 2.05) is 0 Å². The molecule has 1 aliphatic heterocycles. The molecule has 10 heteroatoms. The Labute approximate surface area is 169 Å². The SMILES string of the molecule is O=C1NC(=S)NC(=O)C1=Cc1cc(Cl)ccc1OCc1ccc([N+](=O)[O-])cc1. The lowest BCUT2D eigenvalue weighted by Gasteiger charge is -2.17. The second-order valence-electron chi connectivity index (χ2n) is 5.69. The summed E-state index contributed by atoms with van der Waals surface area (Å²) in [6, 6.07) is 10.7. The fourth-order valence-electron chi connectivity index (χ4n) is 2.40. The van der Waals surface area contributed by atoms with Gasteiger partial charge in [0.25, 0.3) is 17.5 Å². The number of carbonyl (C=O) groups excluding carboxylic acids is 2. The maximum Gasteiger partial charge on any atom is 0.269 e. The average molecular weight is 418 g/mol. The Bertz CT molecular complexity index is 998. The van der Waals surface area contributed by atoms with Gasteiger partial charge in [-0.3, -0.25) is 30.3 Å². The molecule has 0 radical (unpaired) electrons. The van der Waals surface area contributed by atoms with Crippen molar-refractivity contribution >= 4 is 52.5 Å². The highest BCUT2D eigenvalue weighted by Crippen LogP contribution is 2.27. The van der Waals surface area contributed by atoms with Gasteiger partial charge in [0, 0.05) is 22.7 Å². The summed E-state index contributed by atoms with van der Waals surface area (Å²) in [6.45, 7) is 0.123. The van der Waals surface area contributed by atoms with Crippen molar-refractivity contribution in [2.45, 2.75) is 6.61 Å². The standard InChI is InChI=1S/C18H12ClN3O5S/c19-12-3-6-15(27-9-10-1-4-13(5-2-10)22(25)26)11(7-12)8-14-16(23)20-18(28)21-17(14)24/h1-8H,9H2,(H2,20,21,23,24,28). The van der Waals surface area contributed by atoms with Crippen LogP contribution in [0.25, 0.3) is 6.08 Å². The number of nitro benzene ring substituents is 1. The largest absolute Gasteiger partial charge is 0.488 e. The molecular weight excluding hydrogens is 406 g/mol. The van der Waals surface area contributed by atoms with Crippen LogP contribution in [0.2, 0.25) is 5.02 Å². The molecule has 2 aromatic rings. The lowest BCUT2D eigenvalue weighted by molar-refractivity contribution is -0.384. The van der Waals surface area contributed by atoms with Crippen molar-refractivity contribution < 1.29 is 19.2 Å². The zero-order chi connectivity index (χ0) is 20.3. The van der Waals surface area contributed by atoms with E-state index in [1.165, 1.54) is 18.2 Å². The highest BCUT2D eigenvalue weighted by molar-refractivity contribution is 7.80. The number of hydrogen-bond acceptors (Lipinski definition) is 6. The highest BCUT2D eigenvalue weighted by atomic mass is 35.5. The average Bonchev–Trinajstić information content (AvgIpc) is 2.64. The van der Waals surface area contributed by atoms with Crippen molar-refractivity contribution in [1.29, 1.82) is 0 Å². The van der Waals surface area contributed by atoms with Crippen molar-refractivity contribution in [2.75, 3.05) is 0 Å². The van der Waals surface area contributed by atoms with Gasteiger partial charge >= 0.3 is 0 Å². The van der Waals surface area contributed by atoms with Gasteiger partial charge in [0.15, 0.2) is 5.11 Å². The summed E-state index contributed by atoms with van der Waals surface area (Å²) in [4.78, 5) is 34.3. The van der Waals surface area contributed by atoms with Gasteiger partial charge in [-0.1, -0.05) is 11.6 Å². The van der Waals surface area contributed by atoms with Gasteiger partial charge in [-0.05, 0) is 54.2 Å². The highest BCUT2D eigenvalue weighted by Gasteiger charge is 2.26. The van der Waals surface area contributed by atoms with Crippen LogP contribution in [-0.2, 0) is 16.2 Å². The minimum Gasteiger partial charge on any atom is -0.488 e. The van der Waals surface area contributed by atoms with E-state index in [1.54, 1.807) is 30.3 Å². The first-order valence-corrected chi connectivity index (χ1v) is 8.66. The number of rotatable bonds is 5. The fraction of sp³-hybridized carbons (Fsp3) is 0.0556. The van der Waals surface area contributed by atoms with Crippen LogP contribution in [0.3, 0.4) is 0 Å². The monoisotopic (exact) mass is 417 g/mol. The Kier molecular flexibility index (Phi) is 5.67. The summed E-state index contributed by atoms with van der Waals surface area (Å²) in [7, 11) is 0. The molecule has 0 atom stereocenters. The molecule has 0 spiro atoms. The molecule has 1 heterocycles. The molecular formula is C18H12ClN3O5S. The zero-order valence-electron chi connectivity index (χ0n) is 14.1. The molecule has 8 nitrogen and oxygen atoms in total. The minimum absolute atomic E-state index is 0.0205. The van der Waals surface area contributed by atoms with Crippen LogP contribution < -0.4 is 15.4 Å². The second-order valence-corrected chi connectivity index (χ2v) is 6.53. The van der Waals surface area contributed by atoms with Gasteiger partial charge in [0.05, 0.1) is 4.92 Å². The van der Waals surface area contributed by atoms with Crippen LogP contribution in [0, 0.1) is 10.1 Å². The quantitative estimate of drug-likeness (QED) is 0.254. The number of amides is 2. The summed E-state index contributed by atoms with van der Waals surface area (Å²) in [5.41, 5.74) is 0.962. The normalized spacial score (nSPS) is 13.6. The molecule has 2 aromatic carbocycles. The first-order valence-electron chi connectivity index (χ1n) is 7.87. The molecule has 0 aromatic heterocycles. The van der Waals surface area contributed by atoms with E-state index in [4.69, 9.17) is 28.6 Å². The molecule has 1 aliphatic rings. The Hall–Kier alpha value is -3.30. The Morgan fingerprint density at radius 3 is 2.36 bits per heavy atom. The van der Waals surface area contributed by atoms with Crippen LogP contribution in [0.4, 0.5) is 5.69 Å². The molecule has 0 bridgehead atoms. The number of nitro groups is 1. The second kappa shape index (κ2) is 8.15. The predicted molar refractivity (Wildman–Crippen MR) is 106 cm³/mol. The van der Waals surface area contributed by atoms with Crippen LogP contribution >= 0.6 is 23.8 Å². The number of ether oxygens (including phenoxy) is 1. The molecule has 28 heavy (non-hydrogen) atoms. The summed E-state index contributed by atoms with van der Waals surface area (Å²) >= 11 is 10.8. The maximum atomic E-state index is 12.0. The van der Waals surface area contributed by atoms with E-state index in [0.717, 1.165) is 0 Å². The fourth-order valence-corrected chi connectivity index (χ4v) is 2.77. The number of benzene rings is 2. The van der Waals surface area contributed by atoms with Crippen molar-refractivity contribution in [3.8, 4) is 5.75 Å². The summed E-state index contributed by atoms with van der Waals surface area (Å²) in [5.74, 6) is -0.880. The molecule has 2 N–H and O–H groups in total. The predicted octanol–water partition coefficient (Wildman–Crippen LogP) is 2.74. The molecule has 0 unspecified atom stereocenters. The number of non-ortho nitro benzene ring substituents is 1. The van der Waals surface area contributed by atoms with Crippen LogP contribution in [0.15, 0.2) is 48.0 Å². The van der Waals surface area contributed by atoms with Crippen molar-refractivity contribution in [2.24, 2.45) is 0 Å². The van der Waals surface area contributed by atoms with E-state index >= 15 is 0 Å². The number of carbonyl (C=O) groups is 2. The summed E-state index contributed by atoms with van der Waals surface area (Å²) < 4.78 is 5.75. The van der Waals surface area contributed by atoms with Gasteiger partial charge in [0.2, 0.25) is 0 Å². The van der Waals surface area contributed by atoms with Crippen LogP contribution in [0.5, 0.6) is 5.75 Å². The maximum absolute atomic E-state index is 12.0. The molecule has 3 rings (SSSR count). The van der Waals surface area contributed by atoms with Gasteiger partial charge in [-0.15, -0.1) is 0 Å². The number of nitrogens with zero attached hydrogens (tertiary/aromatic N) is 1. The Morgan fingerprint density at radius 2 is 1.75 bits per heavy atom. The number of nitrogens with one attached hydrogen (secondary N) is 2. The lowest BCUT2D eigenvalue weighted by atomic mass is 10.1. The topological polar surface area (TPSA) is 111 Å². The minimum atomic E-state index is -0.630. The van der Waals surface area contributed by atoms with Crippen LogP contribution in [0.1, 0.15) is 11.1 Å². The van der Waals surface area contributed by atoms with Gasteiger partial charge in [-0.2, -0.15) is 0 Å². The Morgan fingerprint density at radius 1 is 1.11 bits per heavy atom. The molecule has 0 aliphatic carbocycles. The number of halogens is 1. The zero-order valence-corrected chi connectivity index (χ0v) is 15.7. The summed E-state index contributed by atoms with van der Waals surface area (Å²) in [6.07, 6.45) is 1.35. The van der Waals surface area contributed by atoms with Crippen molar-refractivity contribution in [3.05, 3.63) is 74.3 Å². The number of hydrogen-bond donors (Lipinski definition) is 2. The van der Waals surface area contributed by atoms with Gasteiger partial charge < -0.3 is 4.74 Å².